The highest BCUT2D eigenvalue weighted by Crippen LogP contribution is 2.41. The first-order chi connectivity index (χ1) is 10.2. The summed E-state index contributed by atoms with van der Waals surface area (Å²) in [6, 6.07) is 12.6. The zero-order chi connectivity index (χ0) is 14.4. The summed E-state index contributed by atoms with van der Waals surface area (Å²) in [7, 11) is 0. The Labute approximate surface area is 127 Å². The van der Waals surface area contributed by atoms with Crippen molar-refractivity contribution >= 4 is 22.3 Å². The maximum absolute atomic E-state index is 4.75. The van der Waals surface area contributed by atoms with Crippen molar-refractivity contribution in [2.75, 3.05) is 5.32 Å². The Kier molecular flexibility index (Phi) is 2.79. The van der Waals surface area contributed by atoms with Crippen molar-refractivity contribution in [2.24, 2.45) is 0 Å². The van der Waals surface area contributed by atoms with Crippen LogP contribution in [-0.4, -0.2) is 9.97 Å². The molecular formula is C17H15N3S. The van der Waals surface area contributed by atoms with Crippen LogP contribution in [0.25, 0.3) is 11.3 Å². The maximum Gasteiger partial charge on any atom is 0.189 e. The van der Waals surface area contributed by atoms with Gasteiger partial charge in [0.1, 0.15) is 5.82 Å². The fourth-order valence-corrected chi connectivity index (χ4v) is 3.83. The summed E-state index contributed by atoms with van der Waals surface area (Å²) < 4.78 is 0. The van der Waals surface area contributed by atoms with Crippen LogP contribution in [0.1, 0.15) is 21.7 Å². The molecule has 3 nitrogen and oxygen atoms in total. The molecule has 4 rings (SSSR count). The van der Waals surface area contributed by atoms with Gasteiger partial charge in [-0.25, -0.2) is 9.97 Å². The second-order valence-electron chi connectivity index (χ2n) is 5.42. The van der Waals surface area contributed by atoms with Gasteiger partial charge in [0, 0.05) is 22.6 Å². The lowest BCUT2D eigenvalue weighted by atomic mass is 10.1. The van der Waals surface area contributed by atoms with Gasteiger partial charge >= 0.3 is 0 Å². The van der Waals surface area contributed by atoms with Gasteiger partial charge in [-0.3, -0.25) is 0 Å². The predicted molar refractivity (Wildman–Crippen MR) is 87.3 cm³/mol. The van der Waals surface area contributed by atoms with Crippen molar-refractivity contribution in [3.8, 4) is 11.3 Å². The van der Waals surface area contributed by atoms with E-state index in [4.69, 9.17) is 4.98 Å². The first kappa shape index (κ1) is 12.5. The van der Waals surface area contributed by atoms with Crippen molar-refractivity contribution in [1.82, 2.24) is 9.97 Å². The summed E-state index contributed by atoms with van der Waals surface area (Å²) in [5, 5.41) is 4.27. The van der Waals surface area contributed by atoms with Gasteiger partial charge in [-0.05, 0) is 37.1 Å². The number of anilines is 2. The molecule has 1 aliphatic rings. The van der Waals surface area contributed by atoms with Crippen LogP contribution in [0.15, 0.2) is 36.4 Å². The van der Waals surface area contributed by atoms with Gasteiger partial charge in [-0.2, -0.15) is 0 Å². The SMILES string of the molecule is Cc1cc(C)nc(Nc2nc3c(s2)Cc2ccccc2-3)c1. The number of aromatic nitrogens is 2. The minimum atomic E-state index is 0.869. The Morgan fingerprint density at radius 1 is 1.10 bits per heavy atom. The number of hydrogen-bond acceptors (Lipinski definition) is 4. The van der Waals surface area contributed by atoms with Gasteiger partial charge in [0.15, 0.2) is 5.13 Å². The average molecular weight is 293 g/mol. The minimum Gasteiger partial charge on any atom is -0.316 e. The summed E-state index contributed by atoms with van der Waals surface area (Å²) >= 11 is 1.72. The summed E-state index contributed by atoms with van der Waals surface area (Å²) in [4.78, 5) is 10.6. The molecule has 0 radical (unpaired) electrons. The molecule has 2 aromatic heterocycles. The second-order valence-corrected chi connectivity index (χ2v) is 6.50. The van der Waals surface area contributed by atoms with E-state index in [0.717, 1.165) is 28.8 Å². The third kappa shape index (κ3) is 2.21. The third-order valence-electron chi connectivity index (χ3n) is 3.65. The van der Waals surface area contributed by atoms with E-state index < -0.39 is 0 Å². The monoisotopic (exact) mass is 293 g/mol. The van der Waals surface area contributed by atoms with Crippen LogP contribution in [0.2, 0.25) is 0 Å². The summed E-state index contributed by atoms with van der Waals surface area (Å²) in [6.07, 6.45) is 0.991. The van der Waals surface area contributed by atoms with Crippen LogP contribution >= 0.6 is 11.3 Å². The highest BCUT2D eigenvalue weighted by Gasteiger charge is 2.22. The molecule has 0 saturated carbocycles. The Morgan fingerprint density at radius 2 is 1.95 bits per heavy atom. The van der Waals surface area contributed by atoms with Gasteiger partial charge < -0.3 is 5.32 Å². The van der Waals surface area contributed by atoms with E-state index >= 15 is 0 Å². The molecule has 0 bridgehead atoms. The Hall–Kier alpha value is -2.20. The normalized spacial score (nSPS) is 12.1. The van der Waals surface area contributed by atoms with Crippen molar-refractivity contribution in [2.45, 2.75) is 20.3 Å². The number of nitrogens with one attached hydrogen (secondary N) is 1. The van der Waals surface area contributed by atoms with Gasteiger partial charge in [-0.15, -0.1) is 11.3 Å². The van der Waals surface area contributed by atoms with Crippen molar-refractivity contribution < 1.29 is 0 Å². The summed E-state index contributed by atoms with van der Waals surface area (Å²) in [6.45, 7) is 4.09. The zero-order valence-corrected chi connectivity index (χ0v) is 12.8. The van der Waals surface area contributed by atoms with E-state index in [-0.39, 0.29) is 0 Å². The molecule has 0 fully saturated rings. The second kappa shape index (κ2) is 4.67. The van der Waals surface area contributed by atoms with Crippen molar-refractivity contribution in [1.29, 1.82) is 0 Å². The Bertz CT molecular complexity index is 816. The number of pyridine rings is 1. The topological polar surface area (TPSA) is 37.8 Å². The summed E-state index contributed by atoms with van der Waals surface area (Å²) in [5.74, 6) is 0.869. The Balaban J connectivity index is 1.68. The molecule has 3 aromatic rings. The molecule has 0 unspecified atom stereocenters. The van der Waals surface area contributed by atoms with Crippen molar-refractivity contribution in [3.05, 3.63) is 58.1 Å². The smallest absolute Gasteiger partial charge is 0.189 e. The molecular weight excluding hydrogens is 278 g/mol. The van der Waals surface area contributed by atoms with E-state index in [2.05, 4.69) is 47.6 Å². The first-order valence-corrected chi connectivity index (χ1v) is 7.81. The van der Waals surface area contributed by atoms with Gasteiger partial charge in [0.2, 0.25) is 0 Å². The van der Waals surface area contributed by atoms with Gasteiger partial charge in [0.25, 0.3) is 0 Å². The highest BCUT2D eigenvalue weighted by atomic mass is 32.1. The summed E-state index contributed by atoms with van der Waals surface area (Å²) in [5.41, 5.74) is 6.00. The molecule has 1 aromatic carbocycles. The molecule has 0 amide bonds. The fourth-order valence-electron chi connectivity index (χ4n) is 2.83. The van der Waals surface area contributed by atoms with E-state index in [1.54, 1.807) is 11.3 Å². The third-order valence-corrected chi connectivity index (χ3v) is 4.62. The zero-order valence-electron chi connectivity index (χ0n) is 12.0. The molecule has 0 saturated heterocycles. The number of nitrogens with zero attached hydrogens (tertiary/aromatic N) is 2. The molecule has 0 aliphatic heterocycles. The molecule has 0 atom stereocenters. The molecule has 1 aliphatic carbocycles. The molecule has 104 valence electrons. The van der Waals surface area contributed by atoms with Gasteiger partial charge in [0.05, 0.1) is 5.69 Å². The first-order valence-electron chi connectivity index (χ1n) is 6.99. The number of thiazole rings is 1. The lowest BCUT2D eigenvalue weighted by Gasteiger charge is -2.05. The number of benzene rings is 1. The average Bonchev–Trinajstić information content (AvgIpc) is 2.94. The van der Waals surface area contributed by atoms with Crippen LogP contribution < -0.4 is 5.32 Å². The van der Waals surface area contributed by atoms with Crippen LogP contribution in [-0.2, 0) is 6.42 Å². The van der Waals surface area contributed by atoms with E-state index in [1.165, 1.54) is 21.6 Å². The van der Waals surface area contributed by atoms with Crippen LogP contribution in [0.5, 0.6) is 0 Å². The minimum absolute atomic E-state index is 0.869. The van der Waals surface area contributed by atoms with E-state index in [1.807, 2.05) is 13.0 Å². The number of rotatable bonds is 2. The van der Waals surface area contributed by atoms with E-state index in [9.17, 15) is 0 Å². The van der Waals surface area contributed by atoms with Crippen molar-refractivity contribution in [3.63, 3.8) is 0 Å². The molecule has 4 heteroatoms. The molecule has 21 heavy (non-hydrogen) atoms. The fraction of sp³-hybridized carbons (Fsp3) is 0.176. The standard InChI is InChI=1S/C17H15N3S/c1-10-7-11(2)18-15(8-10)19-17-20-16-13-6-4-3-5-12(13)9-14(16)21-17/h3-8H,9H2,1-2H3,(H,18,19,20). The maximum atomic E-state index is 4.75. The van der Waals surface area contributed by atoms with E-state index in [0.29, 0.717) is 0 Å². The number of hydrogen-bond donors (Lipinski definition) is 1. The Morgan fingerprint density at radius 3 is 2.81 bits per heavy atom. The lowest BCUT2D eigenvalue weighted by Crippen LogP contribution is -1.95. The number of fused-ring (bicyclic) bond motifs is 3. The number of aryl methyl sites for hydroxylation is 2. The molecule has 1 N–H and O–H groups in total. The van der Waals surface area contributed by atoms with Crippen LogP contribution in [0.4, 0.5) is 10.9 Å². The highest BCUT2D eigenvalue weighted by molar-refractivity contribution is 7.16. The quantitative estimate of drug-likeness (QED) is 0.592. The molecule has 2 heterocycles. The lowest BCUT2D eigenvalue weighted by molar-refractivity contribution is 1.17. The molecule has 0 spiro atoms. The van der Waals surface area contributed by atoms with Gasteiger partial charge in [-0.1, -0.05) is 24.3 Å². The predicted octanol–water partition coefficient (Wildman–Crippen LogP) is 4.47. The largest absolute Gasteiger partial charge is 0.316 e. The van der Waals surface area contributed by atoms with Crippen LogP contribution in [0.3, 0.4) is 0 Å². The van der Waals surface area contributed by atoms with Crippen LogP contribution in [0, 0.1) is 13.8 Å².